The van der Waals surface area contributed by atoms with E-state index in [0.717, 1.165) is 50.1 Å². The third-order valence-electron chi connectivity index (χ3n) is 7.73. The number of hydrogen-bond donors (Lipinski definition) is 2. The quantitative estimate of drug-likeness (QED) is 0.530. The van der Waals surface area contributed by atoms with Crippen molar-refractivity contribution in [1.29, 1.82) is 0 Å². The van der Waals surface area contributed by atoms with Crippen molar-refractivity contribution < 1.29 is 9.59 Å². The van der Waals surface area contributed by atoms with Crippen molar-refractivity contribution in [3.8, 4) is 0 Å². The first-order valence-corrected chi connectivity index (χ1v) is 12.1. The molecule has 30 heavy (non-hydrogen) atoms. The van der Waals surface area contributed by atoms with Crippen molar-refractivity contribution in [2.45, 2.75) is 76.3 Å². The zero-order valence-electron chi connectivity index (χ0n) is 18.7. The van der Waals surface area contributed by atoms with E-state index >= 15 is 0 Å². The van der Waals surface area contributed by atoms with Gasteiger partial charge in [0.2, 0.25) is 11.8 Å². The summed E-state index contributed by atoms with van der Waals surface area (Å²) in [7, 11) is 3.53. The second kappa shape index (κ2) is 9.56. The number of carbonyl (C=O) groups is 2. The van der Waals surface area contributed by atoms with Crippen molar-refractivity contribution >= 4 is 17.8 Å². The van der Waals surface area contributed by atoms with Crippen LogP contribution < -0.4 is 10.6 Å². The zero-order chi connectivity index (χ0) is 21.1. The predicted octanol–water partition coefficient (Wildman–Crippen LogP) is 1.98. The van der Waals surface area contributed by atoms with E-state index in [1.807, 2.05) is 4.90 Å². The molecule has 2 amide bonds. The molecule has 0 radical (unpaired) electrons. The molecule has 7 heteroatoms. The van der Waals surface area contributed by atoms with E-state index in [4.69, 9.17) is 0 Å². The summed E-state index contributed by atoms with van der Waals surface area (Å²) in [5.41, 5.74) is 0. The predicted molar refractivity (Wildman–Crippen MR) is 118 cm³/mol. The fraction of sp³-hybridized carbons (Fsp3) is 0.870. The SMILES string of the molecule is CN(C)C(=O)CN=C(NC1CCN(C(=O)C2CCCCC2)C1)NC1CC2CCC1C2. The van der Waals surface area contributed by atoms with Crippen LogP contribution in [0.5, 0.6) is 0 Å². The Labute approximate surface area is 181 Å². The van der Waals surface area contributed by atoms with Crippen LogP contribution in [0.15, 0.2) is 4.99 Å². The first-order chi connectivity index (χ1) is 14.5. The molecule has 3 aliphatic carbocycles. The summed E-state index contributed by atoms with van der Waals surface area (Å²) < 4.78 is 0. The number of nitrogens with zero attached hydrogens (tertiary/aromatic N) is 3. The normalized spacial score (nSPS) is 31.8. The molecule has 1 heterocycles. The lowest BCUT2D eigenvalue weighted by atomic mass is 9.88. The molecule has 4 atom stereocenters. The zero-order valence-corrected chi connectivity index (χ0v) is 18.7. The minimum absolute atomic E-state index is 0.00423. The van der Waals surface area contributed by atoms with Crippen molar-refractivity contribution in [2.75, 3.05) is 33.7 Å². The van der Waals surface area contributed by atoms with E-state index in [1.165, 1.54) is 44.9 Å². The van der Waals surface area contributed by atoms with Gasteiger partial charge in [-0.2, -0.15) is 0 Å². The van der Waals surface area contributed by atoms with Gasteiger partial charge in [-0.1, -0.05) is 25.7 Å². The Morgan fingerprint density at radius 2 is 1.80 bits per heavy atom. The minimum atomic E-state index is 0.00423. The Balaban J connectivity index is 1.34. The van der Waals surface area contributed by atoms with Gasteiger partial charge >= 0.3 is 0 Å². The lowest BCUT2D eigenvalue weighted by molar-refractivity contribution is -0.135. The molecule has 0 aromatic rings. The van der Waals surface area contributed by atoms with Gasteiger partial charge in [0.15, 0.2) is 5.96 Å². The topological polar surface area (TPSA) is 77.0 Å². The van der Waals surface area contributed by atoms with Gasteiger partial charge in [0.25, 0.3) is 0 Å². The van der Waals surface area contributed by atoms with Crippen LogP contribution in [-0.2, 0) is 9.59 Å². The number of rotatable bonds is 5. The second-order valence-electron chi connectivity index (χ2n) is 10.1. The van der Waals surface area contributed by atoms with Gasteiger partial charge in [-0.05, 0) is 50.4 Å². The Kier molecular flexibility index (Phi) is 6.84. The van der Waals surface area contributed by atoms with Crippen LogP contribution in [0.4, 0.5) is 0 Å². The van der Waals surface area contributed by atoms with E-state index in [1.54, 1.807) is 19.0 Å². The molecule has 0 aromatic carbocycles. The molecular weight excluding hydrogens is 378 g/mol. The monoisotopic (exact) mass is 417 g/mol. The van der Waals surface area contributed by atoms with Crippen LogP contribution >= 0.6 is 0 Å². The van der Waals surface area contributed by atoms with E-state index < -0.39 is 0 Å². The third kappa shape index (κ3) is 5.09. The van der Waals surface area contributed by atoms with Crippen LogP contribution in [0.25, 0.3) is 0 Å². The lowest BCUT2D eigenvalue weighted by Gasteiger charge is -2.28. The fourth-order valence-corrected chi connectivity index (χ4v) is 5.90. The molecule has 0 aromatic heterocycles. The third-order valence-corrected chi connectivity index (χ3v) is 7.73. The first-order valence-electron chi connectivity index (χ1n) is 12.1. The number of carbonyl (C=O) groups excluding carboxylic acids is 2. The first kappa shape index (κ1) is 21.4. The average molecular weight is 418 g/mol. The number of likely N-dealkylation sites (tertiary alicyclic amines) is 1. The summed E-state index contributed by atoms with van der Waals surface area (Å²) in [5.74, 6) is 2.92. The molecule has 4 aliphatic rings. The Morgan fingerprint density at radius 3 is 2.47 bits per heavy atom. The van der Waals surface area contributed by atoms with E-state index in [0.29, 0.717) is 11.9 Å². The molecule has 2 N–H and O–H groups in total. The van der Waals surface area contributed by atoms with E-state index in [-0.39, 0.29) is 24.4 Å². The molecule has 4 rings (SSSR count). The smallest absolute Gasteiger partial charge is 0.243 e. The van der Waals surface area contributed by atoms with Gasteiger partial charge in [-0.15, -0.1) is 0 Å². The Morgan fingerprint density at radius 1 is 1.00 bits per heavy atom. The van der Waals surface area contributed by atoms with Crippen molar-refractivity contribution in [1.82, 2.24) is 20.4 Å². The number of amides is 2. The minimum Gasteiger partial charge on any atom is -0.353 e. The van der Waals surface area contributed by atoms with Crippen molar-refractivity contribution in [3.63, 3.8) is 0 Å². The standard InChI is InChI=1S/C23H39N5O2/c1-27(2)21(29)14-24-23(26-20-13-16-8-9-18(20)12-16)25-19-10-11-28(15-19)22(30)17-6-4-3-5-7-17/h16-20H,3-15H2,1-2H3,(H2,24,25,26). The largest absolute Gasteiger partial charge is 0.353 e. The lowest BCUT2D eigenvalue weighted by Crippen LogP contribution is -2.50. The van der Waals surface area contributed by atoms with Crippen LogP contribution in [0, 0.1) is 17.8 Å². The average Bonchev–Trinajstić information content (AvgIpc) is 3.49. The molecule has 7 nitrogen and oxygen atoms in total. The highest BCUT2D eigenvalue weighted by atomic mass is 16.2. The van der Waals surface area contributed by atoms with Crippen molar-refractivity contribution in [2.24, 2.45) is 22.7 Å². The van der Waals surface area contributed by atoms with Crippen LogP contribution in [0.1, 0.15) is 64.2 Å². The number of aliphatic imine (C=N–C) groups is 1. The van der Waals surface area contributed by atoms with E-state index in [2.05, 4.69) is 15.6 Å². The summed E-state index contributed by atoms with van der Waals surface area (Å²) in [6, 6.07) is 0.669. The van der Waals surface area contributed by atoms with Gasteiger partial charge in [0.05, 0.1) is 0 Å². The summed E-state index contributed by atoms with van der Waals surface area (Å²) >= 11 is 0. The number of fused-ring (bicyclic) bond motifs is 2. The maximum atomic E-state index is 12.9. The summed E-state index contributed by atoms with van der Waals surface area (Å²) in [6.45, 7) is 1.72. The Bertz CT molecular complexity index is 658. The summed E-state index contributed by atoms with van der Waals surface area (Å²) in [4.78, 5) is 33.2. The van der Waals surface area contributed by atoms with Crippen LogP contribution in [0.3, 0.4) is 0 Å². The number of guanidine groups is 1. The number of hydrogen-bond acceptors (Lipinski definition) is 3. The molecule has 168 valence electrons. The fourth-order valence-electron chi connectivity index (χ4n) is 5.90. The van der Waals surface area contributed by atoms with E-state index in [9.17, 15) is 9.59 Å². The maximum Gasteiger partial charge on any atom is 0.243 e. The molecule has 4 unspecified atom stereocenters. The molecule has 3 saturated carbocycles. The highest BCUT2D eigenvalue weighted by molar-refractivity contribution is 5.85. The molecule has 4 fully saturated rings. The van der Waals surface area contributed by atoms with Gasteiger partial charge in [-0.25, -0.2) is 4.99 Å². The van der Waals surface area contributed by atoms with Gasteiger partial charge in [-0.3, -0.25) is 9.59 Å². The molecule has 1 saturated heterocycles. The molecule has 1 aliphatic heterocycles. The van der Waals surface area contributed by atoms with Crippen molar-refractivity contribution in [3.05, 3.63) is 0 Å². The van der Waals surface area contributed by atoms with Gasteiger partial charge < -0.3 is 20.4 Å². The van der Waals surface area contributed by atoms with Crippen LogP contribution in [0.2, 0.25) is 0 Å². The Hall–Kier alpha value is -1.79. The summed E-state index contributed by atoms with van der Waals surface area (Å²) in [5, 5.41) is 7.20. The highest BCUT2D eigenvalue weighted by Crippen LogP contribution is 2.44. The molecule has 0 spiro atoms. The number of nitrogens with one attached hydrogen (secondary N) is 2. The molecular formula is C23H39N5O2. The highest BCUT2D eigenvalue weighted by Gasteiger charge is 2.40. The molecule has 2 bridgehead atoms. The number of likely N-dealkylation sites (N-methyl/N-ethyl adjacent to an activating group) is 1. The maximum absolute atomic E-state index is 12.9. The summed E-state index contributed by atoms with van der Waals surface area (Å²) in [6.07, 6.45) is 11.9. The van der Waals surface area contributed by atoms with Gasteiger partial charge in [0, 0.05) is 45.2 Å². The van der Waals surface area contributed by atoms with Gasteiger partial charge in [0.1, 0.15) is 6.54 Å². The van der Waals surface area contributed by atoms with Crippen LogP contribution in [-0.4, -0.2) is 73.4 Å². The second-order valence-corrected chi connectivity index (χ2v) is 10.1.